The monoisotopic (exact) mass is 421 g/mol. The summed E-state index contributed by atoms with van der Waals surface area (Å²) >= 11 is 6.27. The average Bonchev–Trinajstić information content (AvgIpc) is 3.49. The van der Waals surface area contributed by atoms with Crippen LogP contribution in [0, 0.1) is 12.8 Å². The van der Waals surface area contributed by atoms with Gasteiger partial charge in [-0.15, -0.1) is 0 Å². The number of rotatable bonds is 6. The number of carbonyl (C=O) groups is 2. The molecule has 0 atom stereocenters. The largest absolute Gasteiger partial charge is 0.371 e. The number of halogens is 1. The number of benzene rings is 1. The standard InChI is InChI=1S/C21H32ClN5O2/c1-15-18(25-23)11-17(22)12-19(15)27-9-3-7-21(14-28,8-4-10-27)24-20(29)26(2)13-16-5-6-16/h11-12,14,16,25H,3-10,13,23H2,1-2H3,(H,24,29). The molecule has 3 rings (SSSR count). The van der Waals surface area contributed by atoms with Gasteiger partial charge in [0.15, 0.2) is 0 Å². The predicted molar refractivity (Wildman–Crippen MR) is 117 cm³/mol. The number of nitrogen functional groups attached to an aromatic ring is 1. The van der Waals surface area contributed by atoms with Crippen molar-refractivity contribution in [3.63, 3.8) is 0 Å². The topological polar surface area (TPSA) is 90.7 Å². The average molecular weight is 422 g/mol. The second-order valence-corrected chi connectivity index (χ2v) is 8.90. The molecule has 0 radical (unpaired) electrons. The molecule has 29 heavy (non-hydrogen) atoms. The molecule has 0 unspecified atom stereocenters. The summed E-state index contributed by atoms with van der Waals surface area (Å²) in [5.41, 5.74) is 4.83. The summed E-state index contributed by atoms with van der Waals surface area (Å²) in [6, 6.07) is 3.63. The van der Waals surface area contributed by atoms with Crippen LogP contribution < -0.4 is 21.5 Å². The lowest BCUT2D eigenvalue weighted by molar-refractivity contribution is -0.113. The highest BCUT2D eigenvalue weighted by atomic mass is 35.5. The van der Waals surface area contributed by atoms with E-state index >= 15 is 0 Å². The van der Waals surface area contributed by atoms with Gasteiger partial charge in [-0.25, -0.2) is 4.79 Å². The number of anilines is 2. The molecule has 2 aliphatic rings. The van der Waals surface area contributed by atoms with Crippen LogP contribution in [0.3, 0.4) is 0 Å². The van der Waals surface area contributed by atoms with E-state index in [4.69, 9.17) is 17.4 Å². The Balaban J connectivity index is 1.65. The SMILES string of the molecule is Cc1c(NN)cc(Cl)cc1N1CCCC(C=O)(NC(=O)N(C)CC2CC2)CCC1. The summed E-state index contributed by atoms with van der Waals surface area (Å²) in [5.74, 6) is 6.24. The Labute approximate surface area is 177 Å². The number of aldehydes is 1. The van der Waals surface area contributed by atoms with Crippen molar-refractivity contribution in [2.45, 2.75) is 51.0 Å². The van der Waals surface area contributed by atoms with Crippen molar-refractivity contribution in [2.75, 3.05) is 37.0 Å². The van der Waals surface area contributed by atoms with Crippen molar-refractivity contribution < 1.29 is 9.59 Å². The van der Waals surface area contributed by atoms with Gasteiger partial charge in [0.2, 0.25) is 0 Å². The molecule has 1 saturated heterocycles. The van der Waals surface area contributed by atoms with E-state index in [-0.39, 0.29) is 6.03 Å². The first-order chi connectivity index (χ1) is 13.9. The lowest BCUT2D eigenvalue weighted by atomic mass is 9.88. The first-order valence-corrected chi connectivity index (χ1v) is 10.8. The molecule has 4 N–H and O–H groups in total. The van der Waals surface area contributed by atoms with Crippen molar-refractivity contribution >= 4 is 35.3 Å². The summed E-state index contributed by atoms with van der Waals surface area (Å²) < 4.78 is 0. The maximum atomic E-state index is 12.6. The fourth-order valence-corrected chi connectivity index (χ4v) is 4.36. The smallest absolute Gasteiger partial charge is 0.317 e. The van der Waals surface area contributed by atoms with E-state index in [2.05, 4.69) is 15.6 Å². The molecule has 1 aliphatic heterocycles. The van der Waals surface area contributed by atoms with E-state index in [1.54, 1.807) is 4.90 Å². The minimum absolute atomic E-state index is 0.147. The Hall–Kier alpha value is -1.99. The number of hydrogen-bond donors (Lipinski definition) is 3. The molecule has 1 saturated carbocycles. The number of nitrogens with one attached hydrogen (secondary N) is 2. The summed E-state index contributed by atoms with van der Waals surface area (Å²) in [5, 5.41) is 3.66. The van der Waals surface area contributed by atoms with Gasteiger partial charge in [-0.3, -0.25) is 5.84 Å². The molecule has 2 fully saturated rings. The van der Waals surface area contributed by atoms with E-state index in [0.717, 1.165) is 55.7 Å². The second-order valence-electron chi connectivity index (χ2n) is 8.46. The van der Waals surface area contributed by atoms with Crippen molar-refractivity contribution in [1.82, 2.24) is 10.2 Å². The highest BCUT2D eigenvalue weighted by Gasteiger charge is 2.34. The normalized spacial score (nSPS) is 19.1. The fraction of sp³-hybridized carbons (Fsp3) is 0.619. The Bertz CT molecular complexity index is 743. The van der Waals surface area contributed by atoms with Gasteiger partial charge in [0.1, 0.15) is 6.29 Å². The van der Waals surface area contributed by atoms with Gasteiger partial charge in [-0.1, -0.05) is 11.6 Å². The molecular formula is C21H32ClN5O2. The Morgan fingerprint density at radius 3 is 2.55 bits per heavy atom. The molecule has 7 nitrogen and oxygen atoms in total. The molecule has 2 amide bonds. The molecular weight excluding hydrogens is 390 g/mol. The number of nitrogens with zero attached hydrogens (tertiary/aromatic N) is 2. The predicted octanol–water partition coefficient (Wildman–Crippen LogP) is 3.30. The first-order valence-electron chi connectivity index (χ1n) is 10.4. The third kappa shape index (κ3) is 5.34. The third-order valence-corrected chi connectivity index (χ3v) is 6.32. The third-order valence-electron chi connectivity index (χ3n) is 6.10. The quantitative estimate of drug-likeness (QED) is 0.372. The molecule has 1 heterocycles. The zero-order valence-electron chi connectivity index (χ0n) is 17.3. The highest BCUT2D eigenvalue weighted by Crippen LogP contribution is 2.33. The van der Waals surface area contributed by atoms with Crippen molar-refractivity contribution in [3.8, 4) is 0 Å². The molecule has 1 aromatic rings. The van der Waals surface area contributed by atoms with Gasteiger partial charge in [-0.05, 0) is 69.1 Å². The van der Waals surface area contributed by atoms with E-state index < -0.39 is 5.54 Å². The summed E-state index contributed by atoms with van der Waals surface area (Å²) in [6.07, 6.45) is 6.15. The van der Waals surface area contributed by atoms with Gasteiger partial charge < -0.3 is 25.3 Å². The maximum absolute atomic E-state index is 12.6. The minimum atomic E-state index is -0.783. The van der Waals surface area contributed by atoms with Crippen LogP contribution in [0.25, 0.3) is 0 Å². The summed E-state index contributed by atoms with van der Waals surface area (Å²) in [6.45, 7) is 4.36. The van der Waals surface area contributed by atoms with Gasteiger partial charge in [0.25, 0.3) is 0 Å². The van der Waals surface area contributed by atoms with Crippen LogP contribution in [0.15, 0.2) is 12.1 Å². The van der Waals surface area contributed by atoms with Gasteiger partial charge in [0, 0.05) is 37.4 Å². The van der Waals surface area contributed by atoms with Crippen molar-refractivity contribution in [3.05, 3.63) is 22.7 Å². The van der Waals surface area contributed by atoms with Crippen LogP contribution in [-0.2, 0) is 4.79 Å². The van der Waals surface area contributed by atoms with Crippen LogP contribution in [0.2, 0.25) is 5.02 Å². The number of urea groups is 1. The van der Waals surface area contributed by atoms with Crippen molar-refractivity contribution in [2.24, 2.45) is 11.8 Å². The number of amides is 2. The summed E-state index contributed by atoms with van der Waals surface area (Å²) in [4.78, 5) is 28.6. The van der Waals surface area contributed by atoms with E-state index in [9.17, 15) is 9.59 Å². The Morgan fingerprint density at radius 1 is 1.34 bits per heavy atom. The molecule has 0 aromatic heterocycles. The van der Waals surface area contributed by atoms with Crippen LogP contribution >= 0.6 is 11.6 Å². The van der Waals surface area contributed by atoms with E-state index in [0.29, 0.717) is 23.8 Å². The molecule has 0 spiro atoms. The maximum Gasteiger partial charge on any atom is 0.317 e. The van der Waals surface area contributed by atoms with Crippen LogP contribution in [0.1, 0.15) is 44.1 Å². The molecule has 160 valence electrons. The van der Waals surface area contributed by atoms with Crippen LogP contribution in [0.4, 0.5) is 16.2 Å². The number of carbonyl (C=O) groups excluding carboxylic acids is 2. The number of nitrogens with two attached hydrogens (primary N) is 1. The van der Waals surface area contributed by atoms with Crippen LogP contribution in [0.5, 0.6) is 0 Å². The Morgan fingerprint density at radius 2 is 2.00 bits per heavy atom. The molecule has 1 aliphatic carbocycles. The highest BCUT2D eigenvalue weighted by molar-refractivity contribution is 6.31. The lowest BCUT2D eigenvalue weighted by Crippen LogP contribution is -2.55. The molecule has 0 bridgehead atoms. The Kier molecular flexibility index (Phi) is 6.90. The van der Waals surface area contributed by atoms with Crippen molar-refractivity contribution in [1.29, 1.82) is 0 Å². The summed E-state index contributed by atoms with van der Waals surface area (Å²) in [7, 11) is 1.81. The number of hydrogen-bond acceptors (Lipinski definition) is 5. The van der Waals surface area contributed by atoms with Gasteiger partial charge in [-0.2, -0.15) is 0 Å². The zero-order chi connectivity index (χ0) is 21.0. The van der Waals surface area contributed by atoms with Gasteiger partial charge in [0.05, 0.1) is 11.2 Å². The number of hydrazine groups is 1. The van der Waals surface area contributed by atoms with Gasteiger partial charge >= 0.3 is 6.03 Å². The van der Waals surface area contributed by atoms with E-state index in [1.807, 2.05) is 26.1 Å². The second kappa shape index (κ2) is 9.22. The first kappa shape index (κ1) is 21.7. The molecule has 8 heteroatoms. The minimum Gasteiger partial charge on any atom is -0.371 e. The fourth-order valence-electron chi connectivity index (χ4n) is 4.14. The zero-order valence-corrected chi connectivity index (χ0v) is 18.1. The molecule has 1 aromatic carbocycles. The lowest BCUT2D eigenvalue weighted by Gasteiger charge is -2.37. The van der Waals surface area contributed by atoms with Crippen LogP contribution in [-0.4, -0.2) is 49.4 Å². The van der Waals surface area contributed by atoms with E-state index in [1.165, 1.54) is 12.8 Å².